The van der Waals surface area contributed by atoms with Crippen LogP contribution >= 0.6 is 0 Å². The van der Waals surface area contributed by atoms with E-state index >= 15 is 0 Å². The maximum atomic E-state index is 11.7. The van der Waals surface area contributed by atoms with Crippen LogP contribution in [0.3, 0.4) is 0 Å². The largest absolute Gasteiger partial charge is 0.449 e. The number of aromatic nitrogens is 1. The molecule has 32 heavy (non-hydrogen) atoms. The Morgan fingerprint density at radius 3 is 2.91 bits per heavy atom. The van der Waals surface area contributed by atoms with E-state index in [9.17, 15) is 4.79 Å². The van der Waals surface area contributed by atoms with E-state index in [1.165, 1.54) is 30.4 Å². The molecule has 1 aromatic rings. The number of hydrogen-bond acceptors (Lipinski definition) is 3. The first-order valence-corrected chi connectivity index (χ1v) is 12.4. The van der Waals surface area contributed by atoms with Gasteiger partial charge in [0.15, 0.2) is 0 Å². The van der Waals surface area contributed by atoms with Crippen molar-refractivity contribution >= 4 is 11.7 Å². The van der Waals surface area contributed by atoms with Crippen LogP contribution < -0.4 is 5.32 Å². The molecule has 0 aromatic carbocycles. The van der Waals surface area contributed by atoms with Gasteiger partial charge in [0.25, 0.3) is 0 Å². The molecule has 5 atom stereocenters. The summed E-state index contributed by atoms with van der Waals surface area (Å²) in [5, 5.41) is 2.74. The second kappa shape index (κ2) is 8.20. The number of fused-ring (bicyclic) bond motifs is 5. The summed E-state index contributed by atoms with van der Waals surface area (Å²) in [5.74, 6) is 1.80. The van der Waals surface area contributed by atoms with Crippen LogP contribution in [0, 0.1) is 28.6 Å². The smallest absolute Gasteiger partial charge is 0.407 e. The molecule has 0 spiro atoms. The lowest BCUT2D eigenvalue weighted by Crippen LogP contribution is -2.46. The van der Waals surface area contributed by atoms with Gasteiger partial charge in [0.1, 0.15) is 0 Å². The van der Waals surface area contributed by atoms with Crippen LogP contribution in [0.2, 0.25) is 0 Å². The molecule has 1 N–H and O–H groups in total. The highest BCUT2D eigenvalue weighted by molar-refractivity contribution is 5.78. The molecular formula is C28H36N2O2. The van der Waals surface area contributed by atoms with Gasteiger partial charge in [-0.25, -0.2) is 4.79 Å². The van der Waals surface area contributed by atoms with E-state index in [1.807, 2.05) is 25.4 Å². The van der Waals surface area contributed by atoms with Crippen LogP contribution in [0.5, 0.6) is 0 Å². The second-order valence-corrected chi connectivity index (χ2v) is 10.6. The Morgan fingerprint density at radius 1 is 1.25 bits per heavy atom. The van der Waals surface area contributed by atoms with Crippen LogP contribution in [0.15, 0.2) is 53.9 Å². The summed E-state index contributed by atoms with van der Waals surface area (Å²) >= 11 is 0. The Hall–Kier alpha value is -2.36. The molecule has 170 valence electrons. The van der Waals surface area contributed by atoms with Crippen LogP contribution in [-0.4, -0.2) is 24.2 Å². The van der Waals surface area contributed by atoms with E-state index in [0.717, 1.165) is 19.3 Å². The van der Waals surface area contributed by atoms with Gasteiger partial charge in [-0.2, -0.15) is 0 Å². The van der Waals surface area contributed by atoms with Crippen molar-refractivity contribution in [1.29, 1.82) is 0 Å². The van der Waals surface area contributed by atoms with E-state index in [2.05, 4.69) is 48.4 Å². The molecule has 2 fully saturated rings. The van der Waals surface area contributed by atoms with Gasteiger partial charge in [0.05, 0.1) is 6.61 Å². The number of hydrogen-bond donors (Lipinski definition) is 1. The average Bonchev–Trinajstić information content (AvgIpc) is 3.15. The van der Waals surface area contributed by atoms with Crippen LogP contribution in [-0.2, 0) is 4.74 Å². The number of ether oxygens (including phenoxy) is 1. The van der Waals surface area contributed by atoms with Gasteiger partial charge >= 0.3 is 6.09 Å². The number of allylic oxidation sites excluding steroid dienone is 6. The molecule has 4 aliphatic rings. The van der Waals surface area contributed by atoms with Gasteiger partial charge < -0.3 is 10.1 Å². The summed E-state index contributed by atoms with van der Waals surface area (Å²) in [6.45, 7) is 8.04. The number of carbonyl (C=O) groups is 1. The number of nitrogens with zero attached hydrogens (tertiary/aromatic N) is 1. The molecule has 0 bridgehead atoms. The van der Waals surface area contributed by atoms with E-state index in [1.54, 1.807) is 11.1 Å². The lowest BCUT2D eigenvalue weighted by atomic mass is 9.48. The van der Waals surface area contributed by atoms with Crippen molar-refractivity contribution < 1.29 is 9.53 Å². The first-order chi connectivity index (χ1) is 15.5. The van der Waals surface area contributed by atoms with Gasteiger partial charge in [0, 0.05) is 24.4 Å². The Labute approximate surface area is 192 Å². The maximum absolute atomic E-state index is 11.7. The molecule has 1 unspecified atom stereocenters. The first-order valence-electron chi connectivity index (χ1n) is 12.4. The second-order valence-electron chi connectivity index (χ2n) is 10.6. The van der Waals surface area contributed by atoms with Crippen molar-refractivity contribution in [3.63, 3.8) is 0 Å². The lowest BCUT2D eigenvalue weighted by molar-refractivity contribution is 0.0515. The first kappa shape index (κ1) is 21.5. The summed E-state index contributed by atoms with van der Waals surface area (Å²) in [6, 6.07) is 4.26. The Bertz CT molecular complexity index is 978. The van der Waals surface area contributed by atoms with Crippen molar-refractivity contribution in [1.82, 2.24) is 10.3 Å². The van der Waals surface area contributed by atoms with Crippen LogP contribution in [0.25, 0.3) is 5.57 Å². The molecule has 4 heteroatoms. The van der Waals surface area contributed by atoms with E-state index in [0.29, 0.717) is 30.9 Å². The summed E-state index contributed by atoms with van der Waals surface area (Å²) in [7, 11) is 0. The highest BCUT2D eigenvalue weighted by Crippen LogP contribution is 2.65. The molecular weight excluding hydrogens is 396 g/mol. The quantitative estimate of drug-likeness (QED) is 0.566. The van der Waals surface area contributed by atoms with Gasteiger partial charge in [-0.15, -0.1) is 0 Å². The molecule has 4 aliphatic carbocycles. The highest BCUT2D eigenvalue weighted by Gasteiger charge is 2.54. The predicted octanol–water partition coefficient (Wildman–Crippen LogP) is 6.32. The number of amides is 1. The molecule has 0 aliphatic heterocycles. The van der Waals surface area contributed by atoms with E-state index in [4.69, 9.17) is 4.74 Å². The third-order valence-electron chi connectivity index (χ3n) is 9.00. The van der Waals surface area contributed by atoms with Crippen molar-refractivity contribution in [2.75, 3.05) is 13.2 Å². The fourth-order valence-corrected chi connectivity index (χ4v) is 7.21. The molecule has 0 saturated heterocycles. The van der Waals surface area contributed by atoms with E-state index < -0.39 is 0 Å². The lowest BCUT2D eigenvalue weighted by Gasteiger charge is -2.56. The molecule has 4 nitrogen and oxygen atoms in total. The Kier molecular flexibility index (Phi) is 5.51. The number of nitrogens with one attached hydrogen (secondary N) is 1. The minimum Gasteiger partial charge on any atom is -0.449 e. The van der Waals surface area contributed by atoms with Gasteiger partial charge in [0.2, 0.25) is 0 Å². The standard InChI is InChI=1S/C28H36N2O2/c1-4-30-26(31)32-18-19-11-13-27(2)21(16-19)7-8-22-24-10-9-23(20-6-5-15-29-17-20)28(24,3)14-12-25(22)27/h5-7,9-10,15,17,19,22,25H,4,8,11-14,16,18H2,1-3H3,(H,30,31)/t19-,22?,25-,27-,28+/m0/s1. The molecule has 1 aromatic heterocycles. The Balaban J connectivity index is 1.32. The highest BCUT2D eigenvalue weighted by atomic mass is 16.5. The number of pyridine rings is 1. The zero-order valence-corrected chi connectivity index (χ0v) is 19.7. The average molecular weight is 433 g/mol. The third-order valence-corrected chi connectivity index (χ3v) is 9.00. The molecule has 0 radical (unpaired) electrons. The zero-order valence-electron chi connectivity index (χ0n) is 19.7. The minimum absolute atomic E-state index is 0.142. The summed E-state index contributed by atoms with van der Waals surface area (Å²) in [6.07, 6.45) is 18.0. The van der Waals surface area contributed by atoms with Gasteiger partial charge in [-0.1, -0.05) is 49.3 Å². The normalized spacial score (nSPS) is 35.5. The monoisotopic (exact) mass is 432 g/mol. The maximum Gasteiger partial charge on any atom is 0.407 e. The summed E-state index contributed by atoms with van der Waals surface area (Å²) < 4.78 is 5.47. The van der Waals surface area contributed by atoms with Gasteiger partial charge in [-0.3, -0.25) is 4.98 Å². The number of rotatable bonds is 4. The fourth-order valence-electron chi connectivity index (χ4n) is 7.21. The van der Waals surface area contributed by atoms with Crippen LogP contribution in [0.1, 0.15) is 64.9 Å². The van der Waals surface area contributed by atoms with Crippen LogP contribution in [0.4, 0.5) is 4.79 Å². The zero-order chi connectivity index (χ0) is 22.3. The summed E-state index contributed by atoms with van der Waals surface area (Å²) in [4.78, 5) is 16.1. The molecule has 1 amide bonds. The minimum atomic E-state index is -0.282. The third kappa shape index (κ3) is 3.43. The molecule has 1 heterocycles. The summed E-state index contributed by atoms with van der Waals surface area (Å²) in [5.41, 5.74) is 6.41. The predicted molar refractivity (Wildman–Crippen MR) is 128 cm³/mol. The Morgan fingerprint density at radius 2 is 2.12 bits per heavy atom. The van der Waals surface area contributed by atoms with Crippen molar-refractivity contribution in [3.8, 4) is 0 Å². The number of carbonyl (C=O) groups excluding carboxylic acids is 1. The molecule has 5 rings (SSSR count). The topological polar surface area (TPSA) is 51.2 Å². The van der Waals surface area contributed by atoms with E-state index in [-0.39, 0.29) is 16.9 Å². The fraction of sp³-hybridized carbons (Fsp3) is 0.571. The number of alkyl carbamates (subject to hydrolysis) is 1. The van der Waals surface area contributed by atoms with Crippen molar-refractivity contribution in [3.05, 3.63) is 59.5 Å². The van der Waals surface area contributed by atoms with Crippen molar-refractivity contribution in [2.24, 2.45) is 28.6 Å². The van der Waals surface area contributed by atoms with Crippen molar-refractivity contribution in [2.45, 2.75) is 59.3 Å². The molecule has 2 saturated carbocycles. The SMILES string of the molecule is CCNC(=O)OC[C@H]1CC[C@@]2(C)C(=CCC3C4=CC=C(c5cccnc5)[C@@]4(C)CC[C@@H]32)C1. The van der Waals surface area contributed by atoms with Gasteiger partial charge in [-0.05, 0) is 85.8 Å².